The molecule has 2 fully saturated rings. The van der Waals surface area contributed by atoms with Gasteiger partial charge in [0, 0.05) is 28.5 Å². The zero-order valence-electron chi connectivity index (χ0n) is 22.4. The molecule has 7 heteroatoms. The van der Waals surface area contributed by atoms with Crippen molar-refractivity contribution in [2.24, 2.45) is 23.2 Å². The molecule has 0 spiro atoms. The summed E-state index contributed by atoms with van der Waals surface area (Å²) in [5.74, 6) is 3.19. The monoisotopic (exact) mass is 560 g/mol. The second kappa shape index (κ2) is 10.5. The number of aromatic amines is 1. The van der Waals surface area contributed by atoms with Crippen LogP contribution in [0.5, 0.6) is 0 Å². The number of H-pyrrole nitrogens is 1. The van der Waals surface area contributed by atoms with E-state index in [9.17, 15) is 4.79 Å². The highest BCUT2D eigenvalue weighted by molar-refractivity contribution is 6.37. The number of imidazole rings is 1. The molecule has 0 radical (unpaired) electrons. The van der Waals surface area contributed by atoms with Gasteiger partial charge in [0.15, 0.2) is 0 Å². The van der Waals surface area contributed by atoms with Gasteiger partial charge in [-0.3, -0.25) is 4.79 Å². The predicted octanol–water partition coefficient (Wildman–Crippen LogP) is 9.05. The molecule has 2 bridgehead atoms. The summed E-state index contributed by atoms with van der Waals surface area (Å²) in [6.07, 6.45) is 6.91. The first kappa shape index (κ1) is 26.2. The number of nitrogens with one attached hydrogen (secondary N) is 3. The fourth-order valence-electron chi connectivity index (χ4n) is 7.01. The number of carbonyl (C=O) groups excluding carboxylic acids is 1. The van der Waals surface area contributed by atoms with Crippen LogP contribution < -0.4 is 10.6 Å². The summed E-state index contributed by atoms with van der Waals surface area (Å²) in [5, 5.41) is 7.43. The third kappa shape index (κ3) is 5.80. The number of fused-ring (bicyclic) bond motifs is 3. The Morgan fingerprint density at radius 2 is 1.69 bits per heavy atom. The Balaban J connectivity index is 1.11. The standard InChI is InChI=1S/C32H34Cl2N4O/c1-19-11-20-13-21(12-19)17-32(2,16-20)18-35-25-8-10-28-29(15-25)38-30(37-28)22-3-6-24(7-4-22)36-31(39)26-9-5-23(33)14-27(26)34/h3-10,14-15,19-21,35H,11-13,16-18H2,1-2H3,(H,36,39)(H,37,38). The van der Waals surface area contributed by atoms with Crippen molar-refractivity contribution in [2.45, 2.75) is 46.0 Å². The molecule has 3 aromatic carbocycles. The van der Waals surface area contributed by atoms with Gasteiger partial charge in [0.2, 0.25) is 0 Å². The molecule has 39 heavy (non-hydrogen) atoms. The summed E-state index contributed by atoms with van der Waals surface area (Å²) in [7, 11) is 0. The van der Waals surface area contributed by atoms with Crippen LogP contribution in [0, 0.1) is 23.2 Å². The van der Waals surface area contributed by atoms with E-state index in [4.69, 9.17) is 28.2 Å². The van der Waals surface area contributed by atoms with Crippen LogP contribution in [0.3, 0.4) is 0 Å². The molecule has 5 nitrogen and oxygen atoms in total. The minimum atomic E-state index is -0.284. The average Bonchev–Trinajstić information content (AvgIpc) is 3.30. The van der Waals surface area contributed by atoms with Gasteiger partial charge in [0.25, 0.3) is 5.91 Å². The maximum Gasteiger partial charge on any atom is 0.257 e. The predicted molar refractivity (Wildman–Crippen MR) is 162 cm³/mol. The quantitative estimate of drug-likeness (QED) is 0.220. The van der Waals surface area contributed by atoms with Crippen molar-refractivity contribution in [3.8, 4) is 11.4 Å². The molecule has 202 valence electrons. The lowest BCUT2D eigenvalue weighted by Crippen LogP contribution is -2.39. The lowest BCUT2D eigenvalue weighted by atomic mass is 9.59. The molecule has 2 aliphatic rings. The molecule has 2 unspecified atom stereocenters. The van der Waals surface area contributed by atoms with Gasteiger partial charge in [-0.25, -0.2) is 4.98 Å². The van der Waals surface area contributed by atoms with E-state index in [2.05, 4.69) is 47.7 Å². The average molecular weight is 562 g/mol. The number of amides is 1. The first-order chi connectivity index (χ1) is 18.7. The third-order valence-electron chi connectivity index (χ3n) is 8.49. The van der Waals surface area contributed by atoms with E-state index in [1.54, 1.807) is 18.2 Å². The smallest absolute Gasteiger partial charge is 0.257 e. The van der Waals surface area contributed by atoms with Crippen LogP contribution in [0.1, 0.15) is 56.3 Å². The Morgan fingerprint density at radius 3 is 2.41 bits per heavy atom. The SMILES string of the molecule is CC1CC2CC(C1)CC(C)(CNc1ccc3nc(-c4ccc(NC(=O)c5ccc(Cl)cc5Cl)cc4)[nH]c3c1)C2. The molecule has 4 aromatic rings. The third-order valence-corrected chi connectivity index (χ3v) is 9.04. The summed E-state index contributed by atoms with van der Waals surface area (Å²) in [6.45, 7) is 5.91. The first-order valence-corrected chi connectivity index (χ1v) is 14.6. The Hall–Kier alpha value is -3.02. The summed E-state index contributed by atoms with van der Waals surface area (Å²) in [4.78, 5) is 20.9. The second-order valence-electron chi connectivity index (χ2n) is 12.1. The van der Waals surface area contributed by atoms with E-state index in [0.29, 0.717) is 26.7 Å². The van der Waals surface area contributed by atoms with Crippen molar-refractivity contribution in [3.05, 3.63) is 76.3 Å². The molecular formula is C32H34Cl2N4O. The number of rotatable bonds is 6. The fraction of sp³-hybridized carbons (Fsp3) is 0.375. The van der Waals surface area contributed by atoms with Gasteiger partial charge < -0.3 is 15.6 Å². The molecule has 1 aromatic heterocycles. The number of nitrogens with zero attached hydrogens (tertiary/aromatic N) is 1. The maximum absolute atomic E-state index is 12.6. The number of anilines is 2. The molecule has 2 saturated carbocycles. The molecule has 2 aliphatic carbocycles. The molecule has 3 N–H and O–H groups in total. The van der Waals surface area contributed by atoms with Gasteiger partial charge in [-0.15, -0.1) is 0 Å². The number of hydrogen-bond donors (Lipinski definition) is 3. The topological polar surface area (TPSA) is 69.8 Å². The van der Waals surface area contributed by atoms with Crippen molar-refractivity contribution in [3.63, 3.8) is 0 Å². The molecule has 1 heterocycles. The van der Waals surface area contributed by atoms with Crippen molar-refractivity contribution in [1.82, 2.24) is 9.97 Å². The first-order valence-electron chi connectivity index (χ1n) is 13.8. The molecule has 1 amide bonds. The fourth-order valence-corrected chi connectivity index (χ4v) is 7.50. The van der Waals surface area contributed by atoms with E-state index >= 15 is 0 Å². The summed E-state index contributed by atoms with van der Waals surface area (Å²) >= 11 is 12.1. The second-order valence-corrected chi connectivity index (χ2v) is 12.9. The van der Waals surface area contributed by atoms with Crippen molar-refractivity contribution in [1.29, 1.82) is 0 Å². The molecule has 6 rings (SSSR count). The number of carbonyl (C=O) groups is 1. The number of halogens is 2. The normalized spacial score (nSPS) is 24.5. The zero-order chi connectivity index (χ0) is 27.1. The van der Waals surface area contributed by atoms with Gasteiger partial charge in [-0.1, -0.05) is 37.0 Å². The van der Waals surface area contributed by atoms with Crippen molar-refractivity contribution < 1.29 is 4.79 Å². The minimum Gasteiger partial charge on any atom is -0.384 e. The van der Waals surface area contributed by atoms with Gasteiger partial charge >= 0.3 is 0 Å². The highest BCUT2D eigenvalue weighted by atomic mass is 35.5. The molecule has 0 saturated heterocycles. The summed E-state index contributed by atoms with van der Waals surface area (Å²) < 4.78 is 0. The van der Waals surface area contributed by atoms with E-state index in [1.165, 1.54) is 32.1 Å². The van der Waals surface area contributed by atoms with E-state index in [1.807, 2.05) is 24.3 Å². The van der Waals surface area contributed by atoms with E-state index in [-0.39, 0.29) is 5.91 Å². The highest BCUT2D eigenvalue weighted by Crippen LogP contribution is 2.50. The van der Waals surface area contributed by atoms with Crippen molar-refractivity contribution in [2.75, 3.05) is 17.2 Å². The largest absolute Gasteiger partial charge is 0.384 e. The van der Waals surface area contributed by atoms with Gasteiger partial charge in [0.05, 0.1) is 21.6 Å². The summed E-state index contributed by atoms with van der Waals surface area (Å²) in [5.41, 5.74) is 5.41. The van der Waals surface area contributed by atoms with Crippen LogP contribution in [-0.2, 0) is 0 Å². The van der Waals surface area contributed by atoms with Gasteiger partial charge in [0.1, 0.15) is 5.82 Å². The Bertz CT molecular complexity index is 1490. The van der Waals surface area contributed by atoms with Crippen LogP contribution >= 0.6 is 23.2 Å². The number of aromatic nitrogens is 2. The van der Waals surface area contributed by atoms with Crippen LogP contribution in [0.4, 0.5) is 11.4 Å². The van der Waals surface area contributed by atoms with E-state index < -0.39 is 0 Å². The molecule has 0 aliphatic heterocycles. The molecule has 2 atom stereocenters. The highest BCUT2D eigenvalue weighted by Gasteiger charge is 2.40. The Kier molecular flexibility index (Phi) is 7.07. The molecular weight excluding hydrogens is 527 g/mol. The minimum absolute atomic E-state index is 0.284. The van der Waals surface area contributed by atoms with Gasteiger partial charge in [-0.2, -0.15) is 0 Å². The van der Waals surface area contributed by atoms with Crippen molar-refractivity contribution >= 4 is 51.5 Å². The number of hydrogen-bond acceptors (Lipinski definition) is 3. The van der Waals surface area contributed by atoms with Crippen LogP contribution in [0.2, 0.25) is 10.0 Å². The van der Waals surface area contributed by atoms with Gasteiger partial charge in [-0.05, 0) is 116 Å². The Morgan fingerprint density at radius 1 is 0.974 bits per heavy atom. The zero-order valence-corrected chi connectivity index (χ0v) is 23.9. The van der Waals surface area contributed by atoms with Crippen LogP contribution in [-0.4, -0.2) is 22.4 Å². The number of benzene rings is 3. The van der Waals surface area contributed by atoms with Crippen LogP contribution in [0.15, 0.2) is 60.7 Å². The Labute approximate surface area is 239 Å². The maximum atomic E-state index is 12.6. The van der Waals surface area contributed by atoms with Crippen LogP contribution in [0.25, 0.3) is 22.4 Å². The summed E-state index contributed by atoms with van der Waals surface area (Å²) in [6, 6.07) is 18.8. The lowest BCUT2D eigenvalue weighted by Gasteiger charge is -2.47. The lowest BCUT2D eigenvalue weighted by molar-refractivity contribution is 0.0545. The van der Waals surface area contributed by atoms with E-state index in [0.717, 1.165) is 52.4 Å².